The molecule has 2 N–H and O–H groups in total. The highest BCUT2D eigenvalue weighted by atomic mass is 15.5. The van der Waals surface area contributed by atoms with Gasteiger partial charge in [-0.1, -0.05) is 47.7 Å². The van der Waals surface area contributed by atoms with E-state index in [-0.39, 0.29) is 0 Å². The van der Waals surface area contributed by atoms with Crippen molar-refractivity contribution in [3.63, 3.8) is 0 Å². The van der Waals surface area contributed by atoms with Crippen molar-refractivity contribution in [3.8, 4) is 0 Å². The Morgan fingerprint density at radius 1 is 1.00 bits per heavy atom. The second kappa shape index (κ2) is 4.93. The van der Waals surface area contributed by atoms with Crippen LogP contribution in [-0.2, 0) is 13.1 Å². The lowest BCUT2D eigenvalue weighted by atomic mass is 10.0. The second-order valence-electron chi connectivity index (χ2n) is 4.07. The number of benzene rings is 2. The molecule has 0 aliphatic heterocycles. The van der Waals surface area contributed by atoms with Gasteiger partial charge in [0, 0.05) is 6.54 Å². The van der Waals surface area contributed by atoms with Gasteiger partial charge in [-0.3, -0.25) is 0 Å². The molecule has 0 atom stereocenters. The van der Waals surface area contributed by atoms with Crippen LogP contribution in [-0.4, -0.2) is 20.6 Å². The highest BCUT2D eigenvalue weighted by molar-refractivity contribution is 5.85. The van der Waals surface area contributed by atoms with Crippen LogP contribution in [0.2, 0.25) is 0 Å². The summed E-state index contributed by atoms with van der Waals surface area (Å²) in [5.74, 6) is 0.676. The van der Waals surface area contributed by atoms with Crippen molar-refractivity contribution in [3.05, 3.63) is 53.9 Å². The Kier molecular flexibility index (Phi) is 2.97. The topological polar surface area (TPSA) is 66.5 Å². The lowest BCUT2D eigenvalue weighted by molar-refractivity contribution is 0.666. The van der Waals surface area contributed by atoms with Crippen molar-refractivity contribution in [2.24, 2.45) is 0 Å². The van der Waals surface area contributed by atoms with Gasteiger partial charge < -0.3 is 5.32 Å². The molecule has 0 bridgehead atoms. The van der Waals surface area contributed by atoms with Crippen LogP contribution in [0.15, 0.2) is 42.5 Å². The van der Waals surface area contributed by atoms with Crippen LogP contribution in [0.4, 0.5) is 0 Å². The molecule has 1 heterocycles. The molecule has 0 spiro atoms. The van der Waals surface area contributed by atoms with E-state index in [1.165, 1.54) is 16.3 Å². The van der Waals surface area contributed by atoms with Gasteiger partial charge >= 0.3 is 0 Å². The molecule has 5 heteroatoms. The van der Waals surface area contributed by atoms with E-state index < -0.39 is 0 Å². The van der Waals surface area contributed by atoms with Crippen LogP contribution < -0.4 is 5.32 Å². The number of aromatic amines is 1. The maximum absolute atomic E-state index is 3.90. The van der Waals surface area contributed by atoms with Gasteiger partial charge in [0.1, 0.15) is 0 Å². The minimum absolute atomic E-state index is 0.611. The van der Waals surface area contributed by atoms with Crippen LogP contribution in [0, 0.1) is 0 Å². The van der Waals surface area contributed by atoms with Gasteiger partial charge in [0.2, 0.25) is 0 Å². The summed E-state index contributed by atoms with van der Waals surface area (Å²) >= 11 is 0. The molecule has 1 aromatic heterocycles. The molecule has 0 saturated carbocycles. The zero-order valence-corrected chi connectivity index (χ0v) is 9.80. The molecule has 0 fully saturated rings. The van der Waals surface area contributed by atoms with Crippen molar-refractivity contribution in [1.29, 1.82) is 0 Å². The molecule has 90 valence electrons. The lowest BCUT2D eigenvalue weighted by Gasteiger charge is -2.06. The number of H-pyrrole nitrogens is 1. The number of aromatic nitrogens is 4. The van der Waals surface area contributed by atoms with E-state index in [0.29, 0.717) is 12.4 Å². The van der Waals surface area contributed by atoms with Crippen molar-refractivity contribution in [2.75, 3.05) is 0 Å². The van der Waals surface area contributed by atoms with Crippen LogP contribution in [0.1, 0.15) is 11.4 Å². The molecule has 3 rings (SSSR count). The first-order chi connectivity index (χ1) is 8.93. The standard InChI is InChI=1S/C13H13N5/c1-2-7-12-10(4-1)5-3-6-11(12)8-14-9-13-15-17-18-16-13/h1-7,14H,8-9H2,(H,15,16,17,18). The Bertz CT molecular complexity index is 627. The normalized spacial score (nSPS) is 10.9. The van der Waals surface area contributed by atoms with Gasteiger partial charge in [-0.2, -0.15) is 5.21 Å². The fourth-order valence-electron chi connectivity index (χ4n) is 2.01. The molecular weight excluding hydrogens is 226 g/mol. The fraction of sp³-hybridized carbons (Fsp3) is 0.154. The third-order valence-electron chi connectivity index (χ3n) is 2.87. The third-order valence-corrected chi connectivity index (χ3v) is 2.87. The van der Waals surface area contributed by atoms with Crippen molar-refractivity contribution in [1.82, 2.24) is 25.9 Å². The fourth-order valence-corrected chi connectivity index (χ4v) is 2.01. The minimum atomic E-state index is 0.611. The summed E-state index contributed by atoms with van der Waals surface area (Å²) < 4.78 is 0. The summed E-state index contributed by atoms with van der Waals surface area (Å²) in [6.07, 6.45) is 0. The van der Waals surface area contributed by atoms with Gasteiger partial charge in [-0.05, 0) is 16.3 Å². The molecular formula is C13H13N5. The number of tetrazole rings is 1. The van der Waals surface area contributed by atoms with E-state index in [1.807, 2.05) is 0 Å². The largest absolute Gasteiger partial charge is 0.306 e. The maximum Gasteiger partial charge on any atom is 0.188 e. The first kappa shape index (κ1) is 10.9. The number of rotatable bonds is 4. The zero-order valence-electron chi connectivity index (χ0n) is 9.80. The van der Waals surface area contributed by atoms with E-state index in [0.717, 1.165) is 6.54 Å². The third kappa shape index (κ3) is 2.21. The summed E-state index contributed by atoms with van der Waals surface area (Å²) in [6.45, 7) is 1.40. The van der Waals surface area contributed by atoms with Gasteiger partial charge in [0.15, 0.2) is 5.82 Å². The predicted octanol–water partition coefficient (Wildman–Crippen LogP) is 1.64. The molecule has 2 aromatic carbocycles. The van der Waals surface area contributed by atoms with E-state index in [2.05, 4.69) is 68.4 Å². The first-order valence-electron chi connectivity index (χ1n) is 5.83. The quantitative estimate of drug-likeness (QED) is 0.726. The van der Waals surface area contributed by atoms with Gasteiger partial charge in [0.25, 0.3) is 0 Å². The molecule has 3 aromatic rings. The van der Waals surface area contributed by atoms with Crippen LogP contribution in [0.5, 0.6) is 0 Å². The Morgan fingerprint density at radius 2 is 1.89 bits per heavy atom. The molecule has 0 saturated heterocycles. The number of hydrogen-bond donors (Lipinski definition) is 2. The van der Waals surface area contributed by atoms with Crippen LogP contribution >= 0.6 is 0 Å². The zero-order chi connectivity index (χ0) is 12.2. The highest BCUT2D eigenvalue weighted by Crippen LogP contribution is 2.18. The summed E-state index contributed by atoms with van der Waals surface area (Å²) in [6, 6.07) is 14.7. The minimum Gasteiger partial charge on any atom is -0.306 e. The van der Waals surface area contributed by atoms with Gasteiger partial charge in [0.05, 0.1) is 6.54 Å². The summed E-state index contributed by atoms with van der Waals surface area (Å²) in [4.78, 5) is 0. The number of fused-ring (bicyclic) bond motifs is 1. The number of nitrogens with zero attached hydrogens (tertiary/aromatic N) is 3. The monoisotopic (exact) mass is 239 g/mol. The lowest BCUT2D eigenvalue weighted by Crippen LogP contribution is -2.14. The molecule has 18 heavy (non-hydrogen) atoms. The Labute approximate surface area is 104 Å². The number of nitrogens with one attached hydrogen (secondary N) is 2. The highest BCUT2D eigenvalue weighted by Gasteiger charge is 2.01. The Morgan fingerprint density at radius 3 is 2.78 bits per heavy atom. The number of hydrogen-bond acceptors (Lipinski definition) is 4. The molecule has 0 unspecified atom stereocenters. The predicted molar refractivity (Wildman–Crippen MR) is 68.7 cm³/mol. The Balaban J connectivity index is 1.74. The van der Waals surface area contributed by atoms with E-state index >= 15 is 0 Å². The van der Waals surface area contributed by atoms with E-state index in [4.69, 9.17) is 0 Å². The molecule has 0 radical (unpaired) electrons. The average Bonchev–Trinajstić information content (AvgIpc) is 2.92. The van der Waals surface area contributed by atoms with Crippen molar-refractivity contribution < 1.29 is 0 Å². The van der Waals surface area contributed by atoms with Gasteiger partial charge in [-0.25, -0.2) is 0 Å². The molecule has 5 nitrogen and oxygen atoms in total. The average molecular weight is 239 g/mol. The molecule has 0 aliphatic rings. The van der Waals surface area contributed by atoms with Crippen LogP contribution in [0.3, 0.4) is 0 Å². The van der Waals surface area contributed by atoms with Crippen LogP contribution in [0.25, 0.3) is 10.8 Å². The van der Waals surface area contributed by atoms with Crippen molar-refractivity contribution >= 4 is 10.8 Å². The smallest absolute Gasteiger partial charge is 0.188 e. The van der Waals surface area contributed by atoms with E-state index in [1.54, 1.807) is 0 Å². The summed E-state index contributed by atoms with van der Waals surface area (Å²) in [5, 5.41) is 19.6. The summed E-state index contributed by atoms with van der Waals surface area (Å²) in [5.41, 5.74) is 1.27. The Hall–Kier alpha value is -2.27. The maximum atomic E-state index is 3.90. The summed E-state index contributed by atoms with van der Waals surface area (Å²) in [7, 11) is 0. The molecule has 0 aliphatic carbocycles. The van der Waals surface area contributed by atoms with Crippen molar-refractivity contribution in [2.45, 2.75) is 13.1 Å². The van der Waals surface area contributed by atoms with E-state index in [9.17, 15) is 0 Å². The molecule has 0 amide bonds. The second-order valence-corrected chi connectivity index (χ2v) is 4.07. The first-order valence-corrected chi connectivity index (χ1v) is 5.83. The SMILES string of the molecule is c1ccc2c(CNCc3nn[nH]n3)cccc2c1. The van der Waals surface area contributed by atoms with Gasteiger partial charge in [-0.15, -0.1) is 10.2 Å².